The molecule has 0 amide bonds. The molecule has 4 rings (SSSR count). The van der Waals surface area contributed by atoms with Crippen molar-refractivity contribution in [3.05, 3.63) is 77.6 Å². The van der Waals surface area contributed by atoms with Crippen LogP contribution in [0.25, 0.3) is 5.69 Å². The molecule has 1 unspecified atom stereocenters. The summed E-state index contributed by atoms with van der Waals surface area (Å²) < 4.78 is 7.27. The predicted octanol–water partition coefficient (Wildman–Crippen LogP) is 3.26. The van der Waals surface area contributed by atoms with Crippen molar-refractivity contribution in [3.8, 4) is 11.4 Å². The predicted molar refractivity (Wildman–Crippen MR) is 122 cm³/mol. The third-order valence-electron chi connectivity index (χ3n) is 6.11. The Kier molecular flexibility index (Phi) is 7.02. The average Bonchev–Trinajstić information content (AvgIpc) is 3.31. The molecule has 164 valence electrons. The molecule has 2 heterocycles. The van der Waals surface area contributed by atoms with Gasteiger partial charge in [0, 0.05) is 57.8 Å². The van der Waals surface area contributed by atoms with Crippen molar-refractivity contribution >= 4 is 0 Å². The first-order valence-corrected chi connectivity index (χ1v) is 11.0. The van der Waals surface area contributed by atoms with Crippen molar-refractivity contribution in [1.29, 1.82) is 0 Å². The molecule has 31 heavy (non-hydrogen) atoms. The summed E-state index contributed by atoms with van der Waals surface area (Å²) in [7, 11) is 1.71. The molecule has 0 radical (unpaired) electrons. The fraction of sp³-hybridized carbons (Fsp3) is 0.400. The van der Waals surface area contributed by atoms with Crippen LogP contribution < -0.4 is 4.74 Å². The molecule has 0 saturated carbocycles. The van der Waals surface area contributed by atoms with Crippen molar-refractivity contribution < 1.29 is 9.84 Å². The fourth-order valence-corrected chi connectivity index (χ4v) is 4.44. The Bertz CT molecular complexity index is 956. The third-order valence-corrected chi connectivity index (χ3v) is 6.11. The van der Waals surface area contributed by atoms with Gasteiger partial charge >= 0.3 is 0 Å². The first-order chi connectivity index (χ1) is 15.2. The Morgan fingerprint density at radius 1 is 1.06 bits per heavy atom. The summed E-state index contributed by atoms with van der Waals surface area (Å²) in [6, 6.07) is 17.3. The molecule has 2 aromatic carbocycles. The minimum atomic E-state index is 0.217. The molecule has 6 heteroatoms. The van der Waals surface area contributed by atoms with Crippen LogP contribution in [-0.4, -0.2) is 64.1 Å². The summed E-state index contributed by atoms with van der Waals surface area (Å²) in [5.41, 5.74) is 4.84. The van der Waals surface area contributed by atoms with Crippen molar-refractivity contribution in [1.82, 2.24) is 19.6 Å². The molecule has 1 saturated heterocycles. The molecule has 1 aromatic heterocycles. The van der Waals surface area contributed by atoms with E-state index in [0.717, 1.165) is 56.1 Å². The van der Waals surface area contributed by atoms with E-state index >= 15 is 0 Å². The fourth-order valence-electron chi connectivity index (χ4n) is 4.44. The molecule has 0 spiro atoms. The van der Waals surface area contributed by atoms with Gasteiger partial charge in [0.05, 0.1) is 12.8 Å². The summed E-state index contributed by atoms with van der Waals surface area (Å²) >= 11 is 0. The molecule has 1 N–H and O–H groups in total. The number of aliphatic hydroxyl groups is 1. The lowest BCUT2D eigenvalue weighted by molar-refractivity contribution is 0.0499. The summed E-state index contributed by atoms with van der Waals surface area (Å²) in [6.45, 7) is 7.13. The van der Waals surface area contributed by atoms with Gasteiger partial charge in [0.15, 0.2) is 0 Å². The van der Waals surface area contributed by atoms with Crippen LogP contribution in [0.2, 0.25) is 0 Å². The van der Waals surface area contributed by atoms with Gasteiger partial charge in [-0.1, -0.05) is 24.3 Å². The van der Waals surface area contributed by atoms with Crippen LogP contribution >= 0.6 is 0 Å². The smallest absolute Gasteiger partial charge is 0.121 e. The minimum absolute atomic E-state index is 0.217. The zero-order valence-corrected chi connectivity index (χ0v) is 18.4. The number of piperazine rings is 1. The van der Waals surface area contributed by atoms with Crippen LogP contribution in [0, 0.1) is 6.92 Å². The maximum atomic E-state index is 9.64. The number of hydrogen-bond acceptors (Lipinski definition) is 5. The summed E-state index contributed by atoms with van der Waals surface area (Å²) in [5, 5.41) is 13.9. The van der Waals surface area contributed by atoms with Gasteiger partial charge in [0.1, 0.15) is 5.75 Å². The maximum absolute atomic E-state index is 9.64. The Morgan fingerprint density at radius 2 is 1.87 bits per heavy atom. The lowest BCUT2D eigenvalue weighted by Gasteiger charge is -2.41. The second-order valence-corrected chi connectivity index (χ2v) is 8.29. The zero-order chi connectivity index (χ0) is 21.6. The van der Waals surface area contributed by atoms with Crippen LogP contribution in [0.15, 0.2) is 60.9 Å². The van der Waals surface area contributed by atoms with E-state index in [4.69, 9.17) is 4.74 Å². The molecule has 6 nitrogen and oxygen atoms in total. The number of hydrogen-bond donors (Lipinski definition) is 1. The standard InChI is InChI=1S/C25H32N4O2/c1-20-16-22(6-9-25(20)31-2)18-28-14-13-27(19-24(28)10-15-30)17-21-4-7-23(8-5-21)29-12-3-11-26-29/h3-9,11-12,16,24,30H,10,13-15,17-19H2,1-2H3. The van der Waals surface area contributed by atoms with Crippen LogP contribution in [-0.2, 0) is 13.1 Å². The van der Waals surface area contributed by atoms with Crippen LogP contribution in [0.4, 0.5) is 0 Å². The third kappa shape index (κ3) is 5.34. The zero-order valence-electron chi connectivity index (χ0n) is 18.4. The van der Waals surface area contributed by atoms with Gasteiger partial charge in [0.2, 0.25) is 0 Å². The van der Waals surface area contributed by atoms with Gasteiger partial charge in [-0.25, -0.2) is 4.68 Å². The highest BCUT2D eigenvalue weighted by Crippen LogP contribution is 2.23. The van der Waals surface area contributed by atoms with E-state index in [-0.39, 0.29) is 6.61 Å². The number of nitrogens with zero attached hydrogens (tertiary/aromatic N) is 4. The summed E-state index contributed by atoms with van der Waals surface area (Å²) in [6.07, 6.45) is 4.55. The maximum Gasteiger partial charge on any atom is 0.121 e. The Hall–Kier alpha value is -2.67. The van der Waals surface area contributed by atoms with E-state index in [9.17, 15) is 5.11 Å². The molecule has 1 fully saturated rings. The highest BCUT2D eigenvalue weighted by atomic mass is 16.5. The van der Waals surface area contributed by atoms with Gasteiger partial charge < -0.3 is 9.84 Å². The first kappa shape index (κ1) is 21.6. The number of aryl methyl sites for hydroxylation is 1. The van der Waals surface area contributed by atoms with Gasteiger partial charge in [-0.2, -0.15) is 5.10 Å². The molecule has 1 aliphatic rings. The second kappa shape index (κ2) is 10.1. The Balaban J connectivity index is 1.37. The van der Waals surface area contributed by atoms with E-state index in [1.165, 1.54) is 11.1 Å². The van der Waals surface area contributed by atoms with Crippen molar-refractivity contribution in [3.63, 3.8) is 0 Å². The lowest BCUT2D eigenvalue weighted by Crippen LogP contribution is -2.52. The average molecular weight is 421 g/mol. The highest BCUT2D eigenvalue weighted by Gasteiger charge is 2.26. The number of methoxy groups -OCH3 is 1. The molecule has 1 atom stereocenters. The van der Waals surface area contributed by atoms with E-state index in [0.29, 0.717) is 6.04 Å². The van der Waals surface area contributed by atoms with Crippen molar-refractivity contribution in [2.45, 2.75) is 32.5 Å². The summed E-state index contributed by atoms with van der Waals surface area (Å²) in [5.74, 6) is 0.930. The van der Waals surface area contributed by atoms with E-state index < -0.39 is 0 Å². The lowest BCUT2D eigenvalue weighted by atomic mass is 10.0. The minimum Gasteiger partial charge on any atom is -0.496 e. The van der Waals surface area contributed by atoms with E-state index in [2.05, 4.69) is 64.3 Å². The van der Waals surface area contributed by atoms with Crippen LogP contribution in [0.5, 0.6) is 5.75 Å². The highest BCUT2D eigenvalue weighted by molar-refractivity contribution is 5.36. The van der Waals surface area contributed by atoms with Crippen molar-refractivity contribution in [2.75, 3.05) is 33.4 Å². The number of rotatable bonds is 8. The summed E-state index contributed by atoms with van der Waals surface area (Å²) in [4.78, 5) is 5.01. The normalized spacial score (nSPS) is 17.7. The number of aliphatic hydroxyl groups excluding tert-OH is 1. The van der Waals surface area contributed by atoms with Gasteiger partial charge in [0.25, 0.3) is 0 Å². The SMILES string of the molecule is COc1ccc(CN2CCN(Cc3ccc(-n4cccn4)cc3)CC2CCO)cc1C. The molecule has 3 aromatic rings. The largest absolute Gasteiger partial charge is 0.496 e. The Morgan fingerprint density at radius 3 is 2.55 bits per heavy atom. The van der Waals surface area contributed by atoms with Crippen LogP contribution in [0.1, 0.15) is 23.1 Å². The van der Waals surface area contributed by atoms with Gasteiger partial charge in [-0.05, 0) is 54.3 Å². The molecule has 0 aliphatic carbocycles. The van der Waals surface area contributed by atoms with E-state index in [1.807, 2.05) is 16.9 Å². The molecular formula is C25H32N4O2. The molecular weight excluding hydrogens is 388 g/mol. The number of benzene rings is 2. The number of aromatic nitrogens is 2. The van der Waals surface area contributed by atoms with Crippen LogP contribution in [0.3, 0.4) is 0 Å². The van der Waals surface area contributed by atoms with Gasteiger partial charge in [-0.15, -0.1) is 0 Å². The molecule has 0 bridgehead atoms. The monoisotopic (exact) mass is 420 g/mol. The molecule has 1 aliphatic heterocycles. The second-order valence-electron chi connectivity index (χ2n) is 8.29. The first-order valence-electron chi connectivity index (χ1n) is 11.0. The quantitative estimate of drug-likeness (QED) is 0.606. The topological polar surface area (TPSA) is 53.8 Å². The Labute approximate surface area is 184 Å². The van der Waals surface area contributed by atoms with Crippen molar-refractivity contribution in [2.24, 2.45) is 0 Å². The number of ether oxygens (including phenoxy) is 1. The van der Waals surface area contributed by atoms with E-state index in [1.54, 1.807) is 13.3 Å². The van der Waals surface area contributed by atoms with Gasteiger partial charge in [-0.3, -0.25) is 9.80 Å².